The Morgan fingerprint density at radius 2 is 1.26 bits per heavy atom. The summed E-state index contributed by atoms with van der Waals surface area (Å²) in [6.45, 7) is 0. The molecule has 2 amide bonds. The number of rotatable bonds is 3. The highest BCUT2D eigenvalue weighted by Crippen LogP contribution is 2.53. The number of aromatic nitrogens is 1. The minimum absolute atomic E-state index is 0.0221. The molecule has 6 nitrogen and oxygen atoms in total. The van der Waals surface area contributed by atoms with E-state index in [0.717, 1.165) is 26.8 Å². The molecule has 1 aromatic heterocycles. The number of Topliss-reactive ketones (excluding diaryl/α,β-unsaturated/α-hetero) is 1. The Kier molecular flexibility index (Phi) is 6.73. The summed E-state index contributed by atoms with van der Waals surface area (Å²) in [7, 11) is 0. The second kappa shape index (κ2) is 10.6. The molecule has 1 N–H and O–H groups in total. The number of pyridine rings is 1. The van der Waals surface area contributed by atoms with Crippen LogP contribution in [0.2, 0.25) is 20.1 Å². The lowest BCUT2D eigenvalue weighted by Crippen LogP contribution is -2.29. The molecule has 8 rings (SSSR count). The van der Waals surface area contributed by atoms with Gasteiger partial charge in [0.15, 0.2) is 5.78 Å². The van der Waals surface area contributed by atoms with Crippen LogP contribution in [0, 0.1) is 0 Å². The first-order valence-corrected chi connectivity index (χ1v) is 15.7. The van der Waals surface area contributed by atoms with E-state index in [1.165, 1.54) is 0 Å². The zero-order chi connectivity index (χ0) is 32.0. The van der Waals surface area contributed by atoms with Gasteiger partial charge in [0.2, 0.25) is 0 Å². The number of anilines is 1. The Labute approximate surface area is 281 Å². The molecule has 0 radical (unpaired) electrons. The van der Waals surface area contributed by atoms with Gasteiger partial charge in [0.1, 0.15) is 0 Å². The van der Waals surface area contributed by atoms with Crippen LogP contribution in [0.25, 0.3) is 32.8 Å². The smallest absolute Gasteiger partial charge is 0.266 e. The van der Waals surface area contributed by atoms with E-state index in [1.807, 2.05) is 60.7 Å². The number of hydrogen-bond acceptors (Lipinski definition) is 5. The van der Waals surface area contributed by atoms with Crippen LogP contribution in [0.4, 0.5) is 5.69 Å². The number of hydrogen-bond donors (Lipinski definition) is 1. The van der Waals surface area contributed by atoms with Gasteiger partial charge in [-0.3, -0.25) is 14.4 Å². The van der Waals surface area contributed by atoms with Crippen LogP contribution in [0.3, 0.4) is 0 Å². The number of imide groups is 1. The SMILES string of the molecule is O=C1c2c(Cl)c(Cl)c(Cl)c(Cl)c2C(O)C1c1ccc2c(-c3ccccc3)ccc(N3C(=O)c4cc5ccccc5cc4C3=O)c2n1. The van der Waals surface area contributed by atoms with Gasteiger partial charge in [-0.2, -0.15) is 0 Å². The number of carbonyl (C=O) groups excluding carboxylic acids is 3. The molecule has 224 valence electrons. The van der Waals surface area contributed by atoms with Gasteiger partial charge in [-0.05, 0) is 46.2 Å². The standard InChI is InChI=1S/C36H18Cl4N2O4/c37-28-26-27(29(38)31(40)30(28)39)34(44)25(33(26)43)23-12-10-20-19(16-6-2-1-3-7-16)11-13-24(32(20)41-23)42-35(45)21-14-17-8-4-5-9-18(17)15-22(21)36(42)46/h1-15,25,33,43H. The fourth-order valence-electron chi connectivity index (χ4n) is 6.52. The van der Waals surface area contributed by atoms with E-state index >= 15 is 0 Å². The van der Waals surface area contributed by atoms with Crippen LogP contribution in [-0.2, 0) is 0 Å². The van der Waals surface area contributed by atoms with Crippen molar-refractivity contribution in [2.45, 2.75) is 12.0 Å². The molecule has 0 spiro atoms. The van der Waals surface area contributed by atoms with Crippen molar-refractivity contribution < 1.29 is 19.5 Å². The minimum atomic E-state index is -1.43. The fraction of sp³-hybridized carbons (Fsp3) is 0.0556. The van der Waals surface area contributed by atoms with Crippen LogP contribution in [0.15, 0.2) is 91.0 Å². The van der Waals surface area contributed by atoms with Gasteiger partial charge in [0.05, 0.1) is 60.1 Å². The second-order valence-electron chi connectivity index (χ2n) is 11.2. The van der Waals surface area contributed by atoms with Gasteiger partial charge in [-0.1, -0.05) is 113 Å². The van der Waals surface area contributed by atoms with Gasteiger partial charge in [-0.15, -0.1) is 0 Å². The highest BCUT2D eigenvalue weighted by Gasteiger charge is 2.45. The number of halogens is 4. The Hall–Kier alpha value is -4.30. The van der Waals surface area contributed by atoms with Crippen molar-refractivity contribution in [2.24, 2.45) is 0 Å². The molecule has 0 saturated heterocycles. The third-order valence-electron chi connectivity index (χ3n) is 8.70. The molecule has 1 aliphatic heterocycles. The van der Waals surface area contributed by atoms with E-state index in [0.29, 0.717) is 10.9 Å². The predicted octanol–water partition coefficient (Wildman–Crippen LogP) is 9.48. The summed E-state index contributed by atoms with van der Waals surface area (Å²) < 4.78 is 0. The lowest BCUT2D eigenvalue weighted by atomic mass is 9.94. The van der Waals surface area contributed by atoms with Gasteiger partial charge in [-0.25, -0.2) is 9.88 Å². The van der Waals surface area contributed by atoms with E-state index in [2.05, 4.69) is 0 Å². The molecule has 0 bridgehead atoms. The molecule has 2 unspecified atom stereocenters. The molecular weight excluding hydrogens is 666 g/mol. The van der Waals surface area contributed by atoms with E-state index in [9.17, 15) is 19.5 Å². The summed E-state index contributed by atoms with van der Waals surface area (Å²) >= 11 is 25.4. The lowest BCUT2D eigenvalue weighted by Gasteiger charge is -2.20. The van der Waals surface area contributed by atoms with Crippen LogP contribution < -0.4 is 4.90 Å². The maximum atomic E-state index is 13.9. The molecule has 6 aromatic rings. The average Bonchev–Trinajstić information content (AvgIpc) is 3.48. The van der Waals surface area contributed by atoms with Crippen molar-refractivity contribution in [3.05, 3.63) is 139 Å². The van der Waals surface area contributed by atoms with E-state index in [1.54, 1.807) is 30.3 Å². The molecule has 2 atom stereocenters. The molecule has 1 aliphatic carbocycles. The first-order chi connectivity index (χ1) is 22.2. The Bertz CT molecular complexity index is 2310. The zero-order valence-electron chi connectivity index (χ0n) is 23.4. The number of nitrogens with zero attached hydrogens (tertiary/aromatic N) is 2. The monoisotopic (exact) mass is 682 g/mol. The van der Waals surface area contributed by atoms with Gasteiger partial charge >= 0.3 is 0 Å². The van der Waals surface area contributed by atoms with E-state index in [4.69, 9.17) is 51.4 Å². The normalized spacial score (nSPS) is 17.3. The number of ketones is 1. The van der Waals surface area contributed by atoms with Gasteiger partial charge < -0.3 is 5.11 Å². The predicted molar refractivity (Wildman–Crippen MR) is 181 cm³/mol. The van der Waals surface area contributed by atoms with E-state index in [-0.39, 0.29) is 53.7 Å². The number of fused-ring (bicyclic) bond motifs is 4. The number of aliphatic hydroxyl groups excluding tert-OH is 1. The Morgan fingerprint density at radius 3 is 1.91 bits per heavy atom. The molecule has 2 heterocycles. The summed E-state index contributed by atoms with van der Waals surface area (Å²) in [5.74, 6) is -2.71. The van der Waals surface area contributed by atoms with Crippen LogP contribution in [-0.4, -0.2) is 27.7 Å². The summed E-state index contributed by atoms with van der Waals surface area (Å²) in [6.07, 6.45) is -1.43. The number of amides is 2. The quantitative estimate of drug-likeness (QED) is 0.114. The van der Waals surface area contributed by atoms with Crippen molar-refractivity contribution in [1.29, 1.82) is 0 Å². The van der Waals surface area contributed by atoms with Crippen LogP contribution >= 0.6 is 46.4 Å². The van der Waals surface area contributed by atoms with Crippen molar-refractivity contribution in [3.8, 4) is 11.1 Å². The number of carbonyl (C=O) groups is 3. The molecule has 2 aliphatic rings. The first-order valence-electron chi connectivity index (χ1n) is 14.2. The lowest BCUT2D eigenvalue weighted by molar-refractivity contribution is 0.0865. The minimum Gasteiger partial charge on any atom is -0.387 e. The van der Waals surface area contributed by atoms with Crippen LogP contribution in [0.1, 0.15) is 54.4 Å². The second-order valence-corrected chi connectivity index (χ2v) is 12.7. The topological polar surface area (TPSA) is 87.6 Å². The highest BCUT2D eigenvalue weighted by atomic mass is 35.5. The third-order valence-corrected chi connectivity index (χ3v) is 10.5. The maximum absolute atomic E-state index is 13.9. The highest BCUT2D eigenvalue weighted by molar-refractivity contribution is 6.53. The molecule has 0 fully saturated rings. The molecular formula is C36H18Cl4N2O4. The molecule has 46 heavy (non-hydrogen) atoms. The van der Waals surface area contributed by atoms with Crippen LogP contribution in [0.5, 0.6) is 0 Å². The number of benzene rings is 5. The zero-order valence-corrected chi connectivity index (χ0v) is 26.4. The van der Waals surface area contributed by atoms with Crippen molar-refractivity contribution in [2.75, 3.05) is 4.90 Å². The largest absolute Gasteiger partial charge is 0.387 e. The van der Waals surface area contributed by atoms with E-state index < -0.39 is 29.6 Å². The van der Waals surface area contributed by atoms with Crippen molar-refractivity contribution in [3.63, 3.8) is 0 Å². The first kappa shape index (κ1) is 29.1. The van der Waals surface area contributed by atoms with Gasteiger partial charge in [0, 0.05) is 16.5 Å². The van der Waals surface area contributed by atoms with Crippen molar-refractivity contribution >= 4 is 91.4 Å². The Morgan fingerprint density at radius 1 is 0.652 bits per heavy atom. The Balaban J connectivity index is 1.33. The average molecular weight is 684 g/mol. The van der Waals surface area contributed by atoms with Crippen molar-refractivity contribution in [1.82, 2.24) is 4.98 Å². The summed E-state index contributed by atoms with van der Waals surface area (Å²) in [5.41, 5.74) is 3.03. The molecule has 5 aromatic carbocycles. The maximum Gasteiger partial charge on any atom is 0.266 e. The summed E-state index contributed by atoms with van der Waals surface area (Å²) in [5, 5.41) is 13.4. The summed E-state index contributed by atoms with van der Waals surface area (Å²) in [4.78, 5) is 47.6. The molecule has 0 saturated carbocycles. The fourth-order valence-corrected chi connectivity index (χ4v) is 7.59. The third kappa shape index (κ3) is 4.08. The summed E-state index contributed by atoms with van der Waals surface area (Å²) in [6, 6.07) is 27.4. The molecule has 10 heteroatoms. The van der Waals surface area contributed by atoms with Gasteiger partial charge in [0.25, 0.3) is 11.8 Å². The number of aliphatic hydroxyl groups is 1.